The Morgan fingerprint density at radius 1 is 1.53 bits per heavy atom. The zero-order valence-electron chi connectivity index (χ0n) is 9.29. The molecule has 17 heavy (non-hydrogen) atoms. The minimum Gasteiger partial charge on any atom is -0.481 e. The lowest BCUT2D eigenvalue weighted by Gasteiger charge is -2.20. The van der Waals surface area contributed by atoms with Crippen molar-refractivity contribution in [1.82, 2.24) is 0 Å². The Labute approximate surface area is 104 Å². The lowest BCUT2D eigenvalue weighted by atomic mass is 9.94. The third-order valence-electron chi connectivity index (χ3n) is 2.94. The number of hydrogen-bond acceptors (Lipinski definition) is 3. The van der Waals surface area contributed by atoms with Crippen molar-refractivity contribution in [3.05, 3.63) is 28.3 Å². The van der Waals surface area contributed by atoms with Gasteiger partial charge in [0.15, 0.2) is 5.78 Å². The molecule has 2 rings (SSSR count). The molecule has 0 saturated heterocycles. The fourth-order valence-electron chi connectivity index (χ4n) is 1.86. The number of anilines is 1. The number of rotatable bonds is 2. The van der Waals surface area contributed by atoms with E-state index in [2.05, 4.69) is 5.32 Å². The minimum absolute atomic E-state index is 0.0000822. The molecule has 90 valence electrons. The summed E-state index contributed by atoms with van der Waals surface area (Å²) in [6, 6.07) is 3.22. The number of benzene rings is 1. The number of fused-ring (bicyclic) bond motifs is 1. The number of Topliss-reactive ketones (excluding diaryl/α,β-unsaturated/α-hetero) is 1. The third-order valence-corrected chi connectivity index (χ3v) is 3.24. The van der Waals surface area contributed by atoms with E-state index in [-0.39, 0.29) is 5.78 Å². The van der Waals surface area contributed by atoms with Crippen LogP contribution in [0.2, 0.25) is 5.02 Å². The maximum Gasteiger partial charge on any atom is 0.310 e. The highest BCUT2D eigenvalue weighted by Crippen LogP contribution is 2.33. The topological polar surface area (TPSA) is 66.4 Å². The van der Waals surface area contributed by atoms with E-state index < -0.39 is 11.9 Å². The van der Waals surface area contributed by atoms with Crippen LogP contribution >= 0.6 is 11.6 Å². The number of nitrogens with one attached hydrogen (secondary N) is 1. The number of hydrogen-bond donors (Lipinski definition) is 2. The van der Waals surface area contributed by atoms with Gasteiger partial charge < -0.3 is 10.4 Å². The van der Waals surface area contributed by atoms with E-state index in [0.29, 0.717) is 34.8 Å². The van der Waals surface area contributed by atoms with Crippen LogP contribution in [-0.4, -0.2) is 23.4 Å². The van der Waals surface area contributed by atoms with Gasteiger partial charge >= 0.3 is 5.97 Å². The largest absolute Gasteiger partial charge is 0.481 e. The van der Waals surface area contributed by atoms with Crippen LogP contribution in [0.1, 0.15) is 35.2 Å². The molecule has 0 spiro atoms. The van der Waals surface area contributed by atoms with Gasteiger partial charge in [0, 0.05) is 18.5 Å². The van der Waals surface area contributed by atoms with E-state index in [0.717, 1.165) is 0 Å². The van der Waals surface area contributed by atoms with Crippen molar-refractivity contribution in [1.29, 1.82) is 0 Å². The average Bonchev–Trinajstić information content (AvgIpc) is 2.29. The van der Waals surface area contributed by atoms with Gasteiger partial charge in [-0.05, 0) is 24.6 Å². The fourth-order valence-corrected chi connectivity index (χ4v) is 2.15. The van der Waals surface area contributed by atoms with E-state index in [1.165, 1.54) is 0 Å². The quantitative estimate of drug-likeness (QED) is 0.850. The van der Waals surface area contributed by atoms with Gasteiger partial charge in [0.1, 0.15) is 0 Å². The lowest BCUT2D eigenvalue weighted by molar-refractivity contribution is -0.138. The lowest BCUT2D eigenvalue weighted by Crippen LogP contribution is -2.19. The van der Waals surface area contributed by atoms with Gasteiger partial charge in [-0.15, -0.1) is 0 Å². The summed E-state index contributed by atoms with van der Waals surface area (Å²) in [4.78, 5) is 22.7. The molecule has 2 N–H and O–H groups in total. The van der Waals surface area contributed by atoms with Crippen molar-refractivity contribution in [2.75, 3.05) is 11.9 Å². The highest BCUT2D eigenvalue weighted by atomic mass is 35.5. The number of carboxylic acid groups (broad SMARTS) is 1. The molecular weight excluding hydrogens is 242 g/mol. The summed E-state index contributed by atoms with van der Waals surface area (Å²) in [6.45, 7) is 2.14. The summed E-state index contributed by atoms with van der Waals surface area (Å²) in [5.74, 6) is -1.61. The average molecular weight is 254 g/mol. The summed E-state index contributed by atoms with van der Waals surface area (Å²) >= 11 is 6.05. The van der Waals surface area contributed by atoms with Crippen LogP contribution in [0.3, 0.4) is 0 Å². The van der Waals surface area contributed by atoms with Crippen LogP contribution < -0.4 is 5.32 Å². The van der Waals surface area contributed by atoms with Gasteiger partial charge in [-0.2, -0.15) is 0 Å². The van der Waals surface area contributed by atoms with E-state index in [9.17, 15) is 9.59 Å². The molecule has 1 atom stereocenters. The van der Waals surface area contributed by atoms with Crippen molar-refractivity contribution < 1.29 is 14.7 Å². The molecule has 5 heteroatoms. The van der Waals surface area contributed by atoms with Gasteiger partial charge in [0.05, 0.1) is 16.6 Å². The molecular formula is C12H12ClNO3. The number of carbonyl (C=O) groups is 2. The second-order valence-electron chi connectivity index (χ2n) is 4.09. The predicted molar refractivity (Wildman–Crippen MR) is 64.9 cm³/mol. The number of carboxylic acids is 1. The van der Waals surface area contributed by atoms with E-state index >= 15 is 0 Å². The summed E-state index contributed by atoms with van der Waals surface area (Å²) in [5, 5.41) is 12.4. The van der Waals surface area contributed by atoms with Crippen LogP contribution in [0.25, 0.3) is 0 Å². The Morgan fingerprint density at radius 3 is 2.88 bits per heavy atom. The Morgan fingerprint density at radius 2 is 2.24 bits per heavy atom. The molecule has 1 aliphatic heterocycles. The van der Waals surface area contributed by atoms with Crippen molar-refractivity contribution in [2.24, 2.45) is 0 Å². The molecule has 0 radical (unpaired) electrons. The molecule has 1 aromatic rings. The zero-order valence-corrected chi connectivity index (χ0v) is 10.0. The molecule has 0 amide bonds. The minimum atomic E-state index is -0.933. The Kier molecular flexibility index (Phi) is 3.07. The second kappa shape index (κ2) is 4.37. The van der Waals surface area contributed by atoms with E-state index in [1.807, 2.05) is 0 Å². The van der Waals surface area contributed by atoms with Gasteiger partial charge in [-0.3, -0.25) is 9.59 Å². The van der Waals surface area contributed by atoms with Gasteiger partial charge in [-0.1, -0.05) is 11.6 Å². The summed E-state index contributed by atoms with van der Waals surface area (Å²) in [6.07, 6.45) is 0.411. The first-order chi connectivity index (χ1) is 8.00. The highest BCUT2D eigenvalue weighted by molar-refractivity contribution is 6.34. The predicted octanol–water partition coefficient (Wildman–Crippen LogP) is 2.53. The number of carbonyl (C=O) groups excluding carboxylic acids is 1. The van der Waals surface area contributed by atoms with Gasteiger partial charge in [0.25, 0.3) is 0 Å². The van der Waals surface area contributed by atoms with Crippen molar-refractivity contribution in [3.8, 4) is 0 Å². The molecule has 0 aromatic heterocycles. The molecule has 0 fully saturated rings. The number of aliphatic carboxylic acids is 1. The summed E-state index contributed by atoms with van der Waals surface area (Å²) in [5.41, 5.74) is 1.66. The monoisotopic (exact) mass is 253 g/mol. The van der Waals surface area contributed by atoms with Crippen LogP contribution in [0.5, 0.6) is 0 Å². The fraction of sp³-hybridized carbons (Fsp3) is 0.333. The first-order valence-electron chi connectivity index (χ1n) is 5.34. The van der Waals surface area contributed by atoms with Gasteiger partial charge in [0.2, 0.25) is 0 Å². The molecule has 0 aliphatic carbocycles. The highest BCUT2D eigenvalue weighted by Gasteiger charge is 2.23. The summed E-state index contributed by atoms with van der Waals surface area (Å²) < 4.78 is 0. The number of halogens is 1. The van der Waals surface area contributed by atoms with Crippen molar-refractivity contribution in [2.45, 2.75) is 19.3 Å². The zero-order chi connectivity index (χ0) is 12.6. The Bertz CT molecular complexity index is 499. The second-order valence-corrected chi connectivity index (χ2v) is 4.49. The van der Waals surface area contributed by atoms with Crippen molar-refractivity contribution >= 4 is 29.0 Å². The first kappa shape index (κ1) is 11.9. The first-order valence-corrected chi connectivity index (χ1v) is 5.72. The third kappa shape index (κ3) is 2.13. The van der Waals surface area contributed by atoms with Crippen LogP contribution in [0, 0.1) is 0 Å². The van der Waals surface area contributed by atoms with E-state index in [1.54, 1.807) is 19.1 Å². The van der Waals surface area contributed by atoms with Crippen molar-refractivity contribution in [3.63, 3.8) is 0 Å². The van der Waals surface area contributed by atoms with Crippen LogP contribution in [0.15, 0.2) is 12.1 Å². The standard InChI is InChI=1S/C12H12ClNO3/c1-6(12(16)17)7-4-8-10(15)2-3-14-11(8)9(13)5-7/h4-6,14H,2-3H2,1H3,(H,16,17). The molecule has 0 bridgehead atoms. The Balaban J connectivity index is 2.52. The number of ketones is 1. The van der Waals surface area contributed by atoms with Crippen LogP contribution in [-0.2, 0) is 4.79 Å². The molecule has 4 nitrogen and oxygen atoms in total. The normalized spacial score (nSPS) is 16.0. The van der Waals surface area contributed by atoms with E-state index in [4.69, 9.17) is 16.7 Å². The molecule has 1 aliphatic rings. The molecule has 1 aromatic carbocycles. The maximum absolute atomic E-state index is 11.7. The smallest absolute Gasteiger partial charge is 0.310 e. The van der Waals surface area contributed by atoms with Gasteiger partial charge in [-0.25, -0.2) is 0 Å². The molecule has 0 saturated carbocycles. The summed E-state index contributed by atoms with van der Waals surface area (Å²) in [7, 11) is 0. The molecule has 1 heterocycles. The molecule has 1 unspecified atom stereocenters. The Hall–Kier alpha value is -1.55. The SMILES string of the molecule is CC(C(=O)O)c1cc(Cl)c2c(c1)C(=O)CCN2. The maximum atomic E-state index is 11.7. The van der Waals surface area contributed by atoms with Crippen LogP contribution in [0.4, 0.5) is 5.69 Å².